The molecule has 0 amide bonds. The molecular weight excluding hydrogens is 391 g/mol. The van der Waals surface area contributed by atoms with Gasteiger partial charge < -0.3 is 10.2 Å². The molecule has 3 N–H and O–H groups in total. The quantitative estimate of drug-likeness (QED) is 0.682. The number of hydrogen-bond acceptors (Lipinski definition) is 4. The number of nitrogens with one attached hydrogen (secondary N) is 1. The molecule has 27 heavy (non-hydrogen) atoms. The Kier molecular flexibility index (Phi) is 5.45. The lowest BCUT2D eigenvalue weighted by Gasteiger charge is -2.13. The highest BCUT2D eigenvalue weighted by Crippen LogP contribution is 2.32. The Labute approximate surface area is 151 Å². The number of carbonyl (C=O) groups is 2. The van der Waals surface area contributed by atoms with Crippen LogP contribution in [0.1, 0.15) is 21.5 Å². The molecule has 0 aromatic heterocycles. The summed E-state index contributed by atoms with van der Waals surface area (Å²) in [6, 6.07) is 6.30. The number of anilines is 1. The van der Waals surface area contributed by atoms with Crippen LogP contribution in [0.5, 0.6) is 0 Å². The van der Waals surface area contributed by atoms with Crippen molar-refractivity contribution in [2.45, 2.75) is 17.5 Å². The molecule has 0 heterocycles. The predicted octanol–water partition coefficient (Wildman–Crippen LogP) is 2.83. The van der Waals surface area contributed by atoms with Crippen LogP contribution < -0.4 is 4.72 Å². The Morgan fingerprint density at radius 2 is 1.59 bits per heavy atom. The van der Waals surface area contributed by atoms with Gasteiger partial charge in [-0.2, -0.15) is 13.2 Å². The van der Waals surface area contributed by atoms with Crippen LogP contribution in [0.15, 0.2) is 47.4 Å². The molecule has 2 aromatic rings. The fraction of sp³-hybridized carbons (Fsp3) is 0.125. The van der Waals surface area contributed by atoms with Crippen LogP contribution in [0.2, 0.25) is 0 Å². The second-order valence-corrected chi connectivity index (χ2v) is 7.10. The zero-order chi connectivity index (χ0) is 20.4. The average molecular weight is 403 g/mol. The SMILES string of the molecule is O=C(O)Cc1ccc(S(=O)(=O)Nc2cc(C(=O)O)cc(C(F)(F)F)c2)cc1. The van der Waals surface area contributed by atoms with Crippen LogP contribution in [0, 0.1) is 0 Å². The Bertz CT molecular complexity index is 984. The van der Waals surface area contributed by atoms with Gasteiger partial charge in [-0.25, -0.2) is 13.2 Å². The molecule has 0 aliphatic rings. The van der Waals surface area contributed by atoms with Gasteiger partial charge in [0.15, 0.2) is 0 Å². The maximum atomic E-state index is 12.9. The second kappa shape index (κ2) is 7.27. The zero-order valence-corrected chi connectivity index (χ0v) is 14.1. The lowest BCUT2D eigenvalue weighted by molar-refractivity contribution is -0.138. The number of hydrogen-bond donors (Lipinski definition) is 3. The molecular formula is C16H12F3NO6S. The number of carboxylic acid groups (broad SMARTS) is 2. The lowest BCUT2D eigenvalue weighted by atomic mass is 10.1. The van der Waals surface area contributed by atoms with Crippen molar-refractivity contribution in [1.82, 2.24) is 0 Å². The van der Waals surface area contributed by atoms with Crippen molar-refractivity contribution in [3.05, 3.63) is 59.2 Å². The van der Waals surface area contributed by atoms with Gasteiger partial charge in [-0.3, -0.25) is 9.52 Å². The molecule has 0 bridgehead atoms. The van der Waals surface area contributed by atoms with Crippen molar-refractivity contribution < 1.29 is 41.4 Å². The number of aliphatic carboxylic acids is 1. The highest BCUT2D eigenvalue weighted by molar-refractivity contribution is 7.92. The summed E-state index contributed by atoms with van der Waals surface area (Å²) in [4.78, 5) is 21.3. The molecule has 0 radical (unpaired) electrons. The van der Waals surface area contributed by atoms with Gasteiger partial charge in [-0.05, 0) is 35.9 Å². The molecule has 7 nitrogen and oxygen atoms in total. The summed E-state index contributed by atoms with van der Waals surface area (Å²) in [5.74, 6) is -2.77. The Balaban J connectivity index is 2.38. The molecule has 0 unspecified atom stereocenters. The number of alkyl halides is 3. The molecule has 0 aliphatic heterocycles. The summed E-state index contributed by atoms with van der Waals surface area (Å²) in [6.45, 7) is 0. The Hall–Kier alpha value is -3.08. The molecule has 0 aliphatic carbocycles. The highest BCUT2D eigenvalue weighted by Gasteiger charge is 2.32. The average Bonchev–Trinajstić information content (AvgIpc) is 2.53. The van der Waals surface area contributed by atoms with Crippen molar-refractivity contribution in [1.29, 1.82) is 0 Å². The number of rotatable bonds is 6. The maximum Gasteiger partial charge on any atom is 0.416 e. The third-order valence-electron chi connectivity index (χ3n) is 3.35. The van der Waals surface area contributed by atoms with Crippen molar-refractivity contribution in [2.75, 3.05) is 4.72 Å². The Morgan fingerprint density at radius 3 is 2.07 bits per heavy atom. The predicted molar refractivity (Wildman–Crippen MR) is 87.0 cm³/mol. The summed E-state index contributed by atoms with van der Waals surface area (Å²) < 4.78 is 65.2. The number of benzene rings is 2. The van der Waals surface area contributed by atoms with Gasteiger partial charge in [0.05, 0.1) is 28.1 Å². The number of carboxylic acids is 2. The third-order valence-corrected chi connectivity index (χ3v) is 4.75. The number of halogens is 3. The van der Waals surface area contributed by atoms with Gasteiger partial charge in [-0.15, -0.1) is 0 Å². The van der Waals surface area contributed by atoms with Crippen LogP contribution in [0.3, 0.4) is 0 Å². The molecule has 2 rings (SSSR count). The van der Waals surface area contributed by atoms with Crippen LogP contribution in [0.25, 0.3) is 0 Å². The second-order valence-electron chi connectivity index (χ2n) is 5.42. The van der Waals surface area contributed by atoms with Crippen molar-refractivity contribution in [2.24, 2.45) is 0 Å². The van der Waals surface area contributed by atoms with Crippen molar-refractivity contribution >= 4 is 27.6 Å². The van der Waals surface area contributed by atoms with E-state index in [1.54, 1.807) is 0 Å². The molecule has 11 heteroatoms. The van der Waals surface area contributed by atoms with Gasteiger partial charge >= 0.3 is 18.1 Å². The first-order valence-corrected chi connectivity index (χ1v) is 8.66. The minimum atomic E-state index is -4.87. The van der Waals surface area contributed by atoms with E-state index >= 15 is 0 Å². The fourth-order valence-electron chi connectivity index (χ4n) is 2.15. The monoisotopic (exact) mass is 403 g/mol. The summed E-state index contributed by atoms with van der Waals surface area (Å²) in [5, 5.41) is 17.6. The van der Waals surface area contributed by atoms with Crippen LogP contribution in [-0.4, -0.2) is 30.6 Å². The zero-order valence-electron chi connectivity index (χ0n) is 13.3. The van der Waals surface area contributed by atoms with E-state index in [1.807, 2.05) is 4.72 Å². The molecule has 0 atom stereocenters. The minimum absolute atomic E-state index is 0.327. The summed E-state index contributed by atoms with van der Waals surface area (Å²) >= 11 is 0. The first kappa shape index (κ1) is 20.2. The third kappa shape index (κ3) is 5.20. The topological polar surface area (TPSA) is 121 Å². The van der Waals surface area contributed by atoms with E-state index in [-0.39, 0.29) is 11.3 Å². The maximum absolute atomic E-state index is 12.9. The van der Waals surface area contributed by atoms with Gasteiger partial charge in [0.25, 0.3) is 10.0 Å². The number of aromatic carboxylic acids is 1. The van der Waals surface area contributed by atoms with E-state index in [0.717, 1.165) is 18.2 Å². The molecule has 144 valence electrons. The van der Waals surface area contributed by atoms with Gasteiger partial charge in [0.2, 0.25) is 0 Å². The molecule has 0 saturated heterocycles. The van der Waals surface area contributed by atoms with Crippen molar-refractivity contribution in [3.63, 3.8) is 0 Å². The van der Waals surface area contributed by atoms with Gasteiger partial charge in [0, 0.05) is 0 Å². The van der Waals surface area contributed by atoms with E-state index in [4.69, 9.17) is 10.2 Å². The first-order valence-electron chi connectivity index (χ1n) is 7.17. The van der Waals surface area contributed by atoms with Crippen LogP contribution >= 0.6 is 0 Å². The standard InChI is InChI=1S/C16H12F3NO6S/c17-16(18,19)11-6-10(15(23)24)7-12(8-11)20-27(25,26)13-3-1-9(2-4-13)5-14(21)22/h1-4,6-8,20H,5H2,(H,21,22)(H,23,24). The smallest absolute Gasteiger partial charge is 0.416 e. The molecule has 2 aromatic carbocycles. The van der Waals surface area contributed by atoms with E-state index in [9.17, 15) is 31.2 Å². The fourth-order valence-corrected chi connectivity index (χ4v) is 3.19. The highest BCUT2D eigenvalue weighted by atomic mass is 32.2. The van der Waals surface area contributed by atoms with Gasteiger partial charge in [0.1, 0.15) is 0 Å². The molecule has 0 saturated carbocycles. The summed E-state index contributed by atoms with van der Waals surface area (Å²) in [7, 11) is -4.32. The van der Waals surface area contributed by atoms with Crippen molar-refractivity contribution in [3.8, 4) is 0 Å². The summed E-state index contributed by atoms with van der Waals surface area (Å²) in [5.41, 5.74) is -2.30. The molecule has 0 spiro atoms. The van der Waals surface area contributed by atoms with E-state index in [2.05, 4.69) is 0 Å². The summed E-state index contributed by atoms with van der Waals surface area (Å²) in [6.07, 6.45) is -5.20. The van der Waals surface area contributed by atoms with E-state index < -0.39 is 45.0 Å². The minimum Gasteiger partial charge on any atom is -0.481 e. The number of sulfonamides is 1. The largest absolute Gasteiger partial charge is 0.481 e. The van der Waals surface area contributed by atoms with E-state index in [0.29, 0.717) is 17.7 Å². The molecule has 0 fully saturated rings. The van der Waals surface area contributed by atoms with Gasteiger partial charge in [-0.1, -0.05) is 12.1 Å². The van der Waals surface area contributed by atoms with Crippen LogP contribution in [-0.2, 0) is 27.4 Å². The van der Waals surface area contributed by atoms with Crippen LogP contribution in [0.4, 0.5) is 18.9 Å². The Morgan fingerprint density at radius 1 is 1.00 bits per heavy atom. The lowest BCUT2D eigenvalue weighted by Crippen LogP contribution is -2.15. The van der Waals surface area contributed by atoms with E-state index in [1.165, 1.54) is 12.1 Å². The first-order chi connectivity index (χ1) is 12.4. The normalized spacial score (nSPS) is 11.8.